The van der Waals surface area contributed by atoms with E-state index in [0.717, 1.165) is 17.0 Å². The van der Waals surface area contributed by atoms with Crippen molar-refractivity contribution in [3.63, 3.8) is 0 Å². The van der Waals surface area contributed by atoms with Crippen molar-refractivity contribution in [1.29, 1.82) is 0 Å². The van der Waals surface area contributed by atoms with Gasteiger partial charge in [-0.25, -0.2) is 9.13 Å². The summed E-state index contributed by atoms with van der Waals surface area (Å²) in [4.78, 5) is 12.5. The van der Waals surface area contributed by atoms with E-state index in [2.05, 4.69) is 0 Å². The van der Waals surface area contributed by atoms with Gasteiger partial charge in [-0.05, 0) is 36.4 Å². The molecule has 0 radical (unpaired) electrons. The number of anilines is 1. The lowest BCUT2D eigenvalue weighted by atomic mass is 10.1. The molecular weight excluding hydrogens is 418 g/mol. The Labute approximate surface area is 167 Å². The summed E-state index contributed by atoms with van der Waals surface area (Å²) in [5, 5.41) is 0.601. The largest absolute Gasteiger partial charge is 1.00 e. The Hall–Kier alpha value is -2.31. The number of imidazole rings is 1. The topological polar surface area (TPSA) is 61.1 Å². The number of benzene rings is 2. The third kappa shape index (κ3) is 4.08. The summed E-state index contributed by atoms with van der Waals surface area (Å²) in [5.41, 5.74) is 8.65. The number of rotatable bonds is 5. The van der Waals surface area contributed by atoms with Crippen LogP contribution < -0.4 is 32.0 Å². The Morgan fingerprint density at radius 1 is 1.23 bits per heavy atom. The van der Waals surface area contributed by atoms with Gasteiger partial charge in [-0.2, -0.15) is 0 Å². The molecule has 0 bridgehead atoms. The lowest BCUT2D eigenvalue weighted by Gasteiger charge is -2.02. The standard InChI is InChI=1S/C19H18ClN3O2.BrH/c1-22-17(14-4-3-5-16(10-14)25-2)11-23(19(22)21)12-18(24)13-6-8-15(20)9-7-13;/h3-11,21H,12H2,1-2H3;1H. The van der Waals surface area contributed by atoms with Crippen LogP contribution in [0.1, 0.15) is 10.4 Å². The van der Waals surface area contributed by atoms with E-state index < -0.39 is 0 Å². The summed E-state index contributed by atoms with van der Waals surface area (Å²) in [7, 11) is 3.50. The number of carbonyl (C=O) groups is 1. The molecule has 3 rings (SSSR count). The number of hydrogen-bond acceptors (Lipinski definition) is 3. The van der Waals surface area contributed by atoms with Crippen LogP contribution >= 0.6 is 11.6 Å². The predicted molar refractivity (Wildman–Crippen MR) is 97.8 cm³/mol. The number of aromatic nitrogens is 2. The molecule has 1 aromatic heterocycles. The molecule has 0 aliphatic heterocycles. The summed E-state index contributed by atoms with van der Waals surface area (Å²) < 4.78 is 8.87. The van der Waals surface area contributed by atoms with Crippen molar-refractivity contribution in [2.75, 3.05) is 12.8 Å². The number of nitrogens with two attached hydrogens (primary N) is 1. The molecule has 0 fully saturated rings. The molecule has 3 aromatic rings. The van der Waals surface area contributed by atoms with Gasteiger partial charge in [-0.1, -0.05) is 23.7 Å². The zero-order valence-corrected chi connectivity index (χ0v) is 16.8. The molecule has 0 saturated heterocycles. The monoisotopic (exact) mass is 435 g/mol. The first-order chi connectivity index (χ1) is 12.0. The van der Waals surface area contributed by atoms with E-state index in [4.69, 9.17) is 22.1 Å². The highest BCUT2D eigenvalue weighted by atomic mass is 79.9. The van der Waals surface area contributed by atoms with E-state index in [1.807, 2.05) is 42.1 Å². The van der Waals surface area contributed by atoms with Crippen LogP contribution in [-0.4, -0.2) is 17.5 Å². The van der Waals surface area contributed by atoms with Gasteiger partial charge in [0.25, 0.3) is 0 Å². The van der Waals surface area contributed by atoms with E-state index in [1.54, 1.807) is 35.9 Å². The molecule has 26 heavy (non-hydrogen) atoms. The highest BCUT2D eigenvalue weighted by Crippen LogP contribution is 2.24. The molecule has 0 aliphatic rings. The maximum Gasteiger partial charge on any atom is 0.355 e. The van der Waals surface area contributed by atoms with Crippen LogP contribution in [0.5, 0.6) is 5.75 Å². The van der Waals surface area contributed by atoms with Gasteiger partial charge in [0.1, 0.15) is 24.2 Å². The maximum atomic E-state index is 12.5. The Bertz CT molecular complexity index is 923. The Morgan fingerprint density at radius 2 is 1.92 bits per heavy atom. The minimum Gasteiger partial charge on any atom is -1.00 e. The minimum atomic E-state index is -0.0313. The van der Waals surface area contributed by atoms with Crippen molar-refractivity contribution in [3.05, 3.63) is 65.3 Å². The number of Topliss-reactive ketones (excluding diaryl/α,β-unsaturated/α-hetero) is 1. The summed E-state index contributed by atoms with van der Waals surface area (Å²) in [6, 6.07) is 14.5. The molecular formula is C19H19BrClN3O2. The Morgan fingerprint density at radius 3 is 2.58 bits per heavy atom. The van der Waals surface area contributed by atoms with E-state index >= 15 is 0 Å². The molecule has 0 saturated carbocycles. The first kappa shape index (κ1) is 20.0. The summed E-state index contributed by atoms with van der Waals surface area (Å²) in [6.45, 7) is 0.158. The van der Waals surface area contributed by atoms with Crippen molar-refractivity contribution >= 4 is 23.3 Å². The van der Waals surface area contributed by atoms with E-state index in [1.165, 1.54) is 0 Å². The number of methoxy groups -OCH3 is 1. The normalized spacial score (nSPS) is 10.3. The van der Waals surface area contributed by atoms with Crippen LogP contribution in [0.2, 0.25) is 5.02 Å². The zero-order chi connectivity index (χ0) is 18.0. The lowest BCUT2D eigenvalue weighted by Crippen LogP contribution is -3.00. The molecule has 5 nitrogen and oxygen atoms in total. The van der Waals surface area contributed by atoms with Gasteiger partial charge < -0.3 is 21.7 Å². The molecule has 136 valence electrons. The van der Waals surface area contributed by atoms with Gasteiger partial charge in [-0.15, -0.1) is 0 Å². The highest BCUT2D eigenvalue weighted by Gasteiger charge is 2.20. The fourth-order valence-corrected chi connectivity index (χ4v) is 2.80. The minimum absolute atomic E-state index is 0. The molecule has 0 aliphatic carbocycles. The SMILES string of the molecule is COc1cccc(-c2c[n+](CC(=O)c3ccc(Cl)cc3)c(N)n2C)c1.[Br-]. The number of nitrogen functional groups attached to an aromatic ring is 1. The maximum absolute atomic E-state index is 12.5. The molecule has 0 unspecified atom stereocenters. The molecule has 7 heteroatoms. The van der Waals surface area contributed by atoms with Crippen molar-refractivity contribution in [2.24, 2.45) is 7.05 Å². The average molecular weight is 437 g/mol. The average Bonchev–Trinajstić information content (AvgIpc) is 2.90. The summed E-state index contributed by atoms with van der Waals surface area (Å²) in [6.07, 6.45) is 1.87. The van der Waals surface area contributed by atoms with Gasteiger partial charge in [0.2, 0.25) is 0 Å². The Balaban J connectivity index is 0.00000243. The number of ketones is 1. The lowest BCUT2D eigenvalue weighted by molar-refractivity contribution is -0.667. The highest BCUT2D eigenvalue weighted by molar-refractivity contribution is 6.30. The molecule has 2 aromatic carbocycles. The molecule has 0 atom stereocenters. The van der Waals surface area contributed by atoms with E-state index in [0.29, 0.717) is 16.5 Å². The smallest absolute Gasteiger partial charge is 0.355 e. The third-order valence-electron chi connectivity index (χ3n) is 4.12. The second kappa shape index (κ2) is 8.38. The van der Waals surface area contributed by atoms with Gasteiger partial charge in [0.05, 0.1) is 14.2 Å². The van der Waals surface area contributed by atoms with Crippen molar-refractivity contribution in [2.45, 2.75) is 6.54 Å². The third-order valence-corrected chi connectivity index (χ3v) is 4.38. The Kier molecular flexibility index (Phi) is 6.45. The second-order valence-electron chi connectivity index (χ2n) is 5.72. The van der Waals surface area contributed by atoms with Crippen LogP contribution in [-0.2, 0) is 13.6 Å². The second-order valence-corrected chi connectivity index (χ2v) is 6.16. The number of nitrogens with zero attached hydrogens (tertiary/aromatic N) is 2. The molecule has 0 amide bonds. The molecule has 2 N–H and O–H groups in total. The van der Waals surface area contributed by atoms with Crippen molar-refractivity contribution in [3.8, 4) is 17.0 Å². The van der Waals surface area contributed by atoms with Crippen molar-refractivity contribution < 1.29 is 31.1 Å². The zero-order valence-electron chi connectivity index (χ0n) is 14.4. The fraction of sp³-hybridized carbons (Fsp3) is 0.158. The van der Waals surface area contributed by atoms with Gasteiger partial charge in [0.15, 0.2) is 5.78 Å². The first-order valence-corrected chi connectivity index (χ1v) is 8.15. The van der Waals surface area contributed by atoms with E-state index in [-0.39, 0.29) is 29.3 Å². The first-order valence-electron chi connectivity index (χ1n) is 7.77. The fourth-order valence-electron chi connectivity index (χ4n) is 2.68. The number of halogens is 2. The summed E-state index contributed by atoms with van der Waals surface area (Å²) >= 11 is 5.87. The van der Waals surface area contributed by atoms with Crippen LogP contribution in [0.15, 0.2) is 54.7 Å². The quantitative estimate of drug-likeness (QED) is 0.456. The molecule has 1 heterocycles. The number of ether oxygens (including phenoxy) is 1. The van der Waals surface area contributed by atoms with Crippen LogP contribution in [0.4, 0.5) is 5.95 Å². The van der Waals surface area contributed by atoms with Crippen molar-refractivity contribution in [1.82, 2.24) is 4.57 Å². The van der Waals surface area contributed by atoms with Crippen LogP contribution in [0.3, 0.4) is 0 Å². The number of hydrogen-bond donors (Lipinski definition) is 1. The van der Waals surface area contributed by atoms with Gasteiger partial charge >= 0.3 is 5.95 Å². The van der Waals surface area contributed by atoms with Crippen LogP contribution in [0, 0.1) is 0 Å². The van der Waals surface area contributed by atoms with Crippen LogP contribution in [0.25, 0.3) is 11.3 Å². The molecule has 0 spiro atoms. The van der Waals surface area contributed by atoms with E-state index in [9.17, 15) is 4.79 Å². The summed E-state index contributed by atoms with van der Waals surface area (Å²) in [5.74, 6) is 1.23. The predicted octanol–water partition coefficient (Wildman–Crippen LogP) is 0.111. The number of carbonyl (C=O) groups excluding carboxylic acids is 1. The van der Waals surface area contributed by atoms with Gasteiger partial charge in [-0.3, -0.25) is 10.5 Å². The van der Waals surface area contributed by atoms with Gasteiger partial charge in [0, 0.05) is 16.1 Å².